The van der Waals surface area contributed by atoms with Crippen LogP contribution in [0.5, 0.6) is 0 Å². The Hall–Kier alpha value is -2.83. The van der Waals surface area contributed by atoms with E-state index >= 15 is 0 Å². The molecule has 3 nitrogen and oxygen atoms in total. The van der Waals surface area contributed by atoms with Gasteiger partial charge in [0.05, 0.1) is 16.9 Å². The number of benzene rings is 2. The van der Waals surface area contributed by atoms with E-state index in [4.69, 9.17) is 0 Å². The second-order valence-corrected chi connectivity index (χ2v) is 6.21. The van der Waals surface area contributed by atoms with Gasteiger partial charge in [0.2, 0.25) is 0 Å². The molecule has 2 heterocycles. The quantitative estimate of drug-likeness (QED) is 0.692. The van der Waals surface area contributed by atoms with Crippen LogP contribution in [0.3, 0.4) is 0 Å². The summed E-state index contributed by atoms with van der Waals surface area (Å²) in [5, 5.41) is 7.84. The summed E-state index contributed by atoms with van der Waals surface area (Å²) >= 11 is 0. The molecular weight excluding hydrogens is 346 g/mol. The minimum atomic E-state index is -4.36. The molecule has 7 heteroatoms. The molecule has 0 spiro atoms. The maximum Gasteiger partial charge on any atom is 0.416 e. The highest BCUT2D eigenvalue weighted by Gasteiger charge is 2.30. The monoisotopic (exact) mass is 361 g/mol. The second-order valence-electron chi connectivity index (χ2n) is 6.21. The van der Waals surface area contributed by atoms with Gasteiger partial charge < -0.3 is 5.32 Å². The predicted molar refractivity (Wildman–Crippen MR) is 90.0 cm³/mol. The van der Waals surface area contributed by atoms with E-state index in [-0.39, 0.29) is 5.82 Å². The van der Waals surface area contributed by atoms with Gasteiger partial charge in [-0.25, -0.2) is 9.07 Å². The summed E-state index contributed by atoms with van der Waals surface area (Å²) in [5.41, 5.74) is 2.70. The summed E-state index contributed by atoms with van der Waals surface area (Å²) in [6.07, 6.45) is -3.03. The molecule has 0 radical (unpaired) electrons. The molecule has 26 heavy (non-hydrogen) atoms. The van der Waals surface area contributed by atoms with Crippen molar-refractivity contribution >= 4 is 5.82 Å². The minimum absolute atomic E-state index is 0.295. The third-order valence-electron chi connectivity index (χ3n) is 4.46. The molecule has 0 unspecified atom stereocenters. The minimum Gasteiger partial charge on any atom is -0.369 e. The summed E-state index contributed by atoms with van der Waals surface area (Å²) < 4.78 is 53.0. The van der Waals surface area contributed by atoms with Crippen LogP contribution in [0.4, 0.5) is 23.4 Å². The van der Waals surface area contributed by atoms with Gasteiger partial charge in [0.25, 0.3) is 0 Å². The number of halogens is 4. The Morgan fingerprint density at radius 2 is 1.69 bits per heavy atom. The number of nitrogens with zero attached hydrogens (tertiary/aromatic N) is 2. The number of nitrogens with one attached hydrogen (secondary N) is 1. The predicted octanol–water partition coefficient (Wildman–Crippen LogP) is 4.59. The summed E-state index contributed by atoms with van der Waals surface area (Å²) in [5.74, 6) is 0.512. The molecule has 0 saturated heterocycles. The van der Waals surface area contributed by atoms with Crippen molar-refractivity contribution in [3.63, 3.8) is 0 Å². The molecule has 1 aromatic heterocycles. The van der Waals surface area contributed by atoms with Crippen molar-refractivity contribution in [3.05, 3.63) is 76.7 Å². The first-order chi connectivity index (χ1) is 12.4. The van der Waals surface area contributed by atoms with Crippen LogP contribution in [0.25, 0.3) is 5.69 Å². The molecule has 134 valence electrons. The lowest BCUT2D eigenvalue weighted by molar-refractivity contribution is -0.137. The Morgan fingerprint density at radius 3 is 2.35 bits per heavy atom. The molecule has 2 aromatic carbocycles. The summed E-state index contributed by atoms with van der Waals surface area (Å²) in [4.78, 5) is 0. The van der Waals surface area contributed by atoms with Gasteiger partial charge in [-0.2, -0.15) is 18.3 Å². The maximum absolute atomic E-state index is 13.1. The van der Waals surface area contributed by atoms with Crippen molar-refractivity contribution in [2.75, 3.05) is 11.9 Å². The average Bonchev–Trinajstić information content (AvgIpc) is 3.20. The van der Waals surface area contributed by atoms with Gasteiger partial charge in [0.15, 0.2) is 0 Å². The van der Waals surface area contributed by atoms with Gasteiger partial charge in [-0.1, -0.05) is 12.1 Å². The normalized spacial score (nSPS) is 13.5. The molecule has 0 atom stereocenters. The van der Waals surface area contributed by atoms with Crippen LogP contribution in [0.15, 0.2) is 48.5 Å². The molecule has 1 aliphatic rings. The van der Waals surface area contributed by atoms with Gasteiger partial charge in [-0.3, -0.25) is 0 Å². The maximum atomic E-state index is 13.1. The van der Waals surface area contributed by atoms with E-state index in [1.54, 1.807) is 16.8 Å². The molecule has 1 aliphatic heterocycles. The van der Waals surface area contributed by atoms with E-state index in [0.717, 1.165) is 47.7 Å². The molecule has 4 rings (SSSR count). The topological polar surface area (TPSA) is 29.9 Å². The number of fused-ring (bicyclic) bond motifs is 1. The van der Waals surface area contributed by atoms with Crippen LogP contribution >= 0.6 is 0 Å². The molecule has 3 aromatic rings. The summed E-state index contributed by atoms with van der Waals surface area (Å²) in [6.45, 7) is 0.754. The van der Waals surface area contributed by atoms with E-state index in [0.29, 0.717) is 12.1 Å². The van der Waals surface area contributed by atoms with Gasteiger partial charge in [-0.15, -0.1) is 0 Å². The SMILES string of the molecule is Fc1ccc(Cc2nn(-c3ccc(C(F)(F)F)cc3)c3c2CCN3)cc1. The number of hydrogen-bond acceptors (Lipinski definition) is 2. The lowest BCUT2D eigenvalue weighted by atomic mass is 10.1. The van der Waals surface area contributed by atoms with Crippen LogP contribution in [0, 0.1) is 5.82 Å². The van der Waals surface area contributed by atoms with Gasteiger partial charge in [0, 0.05) is 18.5 Å². The zero-order chi connectivity index (χ0) is 18.3. The second kappa shape index (κ2) is 6.16. The average molecular weight is 361 g/mol. The van der Waals surface area contributed by atoms with Gasteiger partial charge in [-0.05, 0) is 48.4 Å². The fourth-order valence-electron chi connectivity index (χ4n) is 3.16. The van der Waals surface area contributed by atoms with Crippen molar-refractivity contribution < 1.29 is 17.6 Å². The lowest BCUT2D eigenvalue weighted by Gasteiger charge is -2.09. The van der Waals surface area contributed by atoms with Crippen LogP contribution in [-0.4, -0.2) is 16.3 Å². The van der Waals surface area contributed by atoms with Crippen LogP contribution in [-0.2, 0) is 19.0 Å². The molecule has 0 amide bonds. The molecule has 1 N–H and O–H groups in total. The highest BCUT2D eigenvalue weighted by molar-refractivity contribution is 5.57. The third-order valence-corrected chi connectivity index (χ3v) is 4.46. The zero-order valence-electron chi connectivity index (χ0n) is 13.6. The fourth-order valence-corrected chi connectivity index (χ4v) is 3.16. The Kier molecular flexibility index (Phi) is 3.94. The molecular formula is C19H15F4N3. The summed E-state index contributed by atoms with van der Waals surface area (Å²) in [6, 6.07) is 11.2. The smallest absolute Gasteiger partial charge is 0.369 e. The fraction of sp³-hybridized carbons (Fsp3) is 0.211. The summed E-state index contributed by atoms with van der Waals surface area (Å²) in [7, 11) is 0. The Balaban J connectivity index is 1.68. The van der Waals surface area contributed by atoms with Crippen LogP contribution in [0.2, 0.25) is 0 Å². The molecule has 0 aliphatic carbocycles. The number of aromatic nitrogens is 2. The number of alkyl halides is 3. The van der Waals surface area contributed by atoms with Crippen molar-refractivity contribution in [2.45, 2.75) is 19.0 Å². The van der Waals surface area contributed by atoms with E-state index in [1.807, 2.05) is 0 Å². The molecule has 0 saturated carbocycles. The first-order valence-electron chi connectivity index (χ1n) is 8.18. The van der Waals surface area contributed by atoms with Gasteiger partial charge in [0.1, 0.15) is 11.6 Å². The number of anilines is 1. The van der Waals surface area contributed by atoms with E-state index in [1.165, 1.54) is 24.3 Å². The highest BCUT2D eigenvalue weighted by Crippen LogP contribution is 2.32. The number of hydrogen-bond donors (Lipinski definition) is 1. The van der Waals surface area contributed by atoms with Crippen molar-refractivity contribution in [3.8, 4) is 5.69 Å². The van der Waals surface area contributed by atoms with E-state index in [2.05, 4.69) is 10.4 Å². The molecule has 0 bridgehead atoms. The van der Waals surface area contributed by atoms with Crippen LogP contribution in [0.1, 0.15) is 22.4 Å². The van der Waals surface area contributed by atoms with Crippen molar-refractivity contribution in [1.29, 1.82) is 0 Å². The third kappa shape index (κ3) is 3.05. The number of rotatable bonds is 3. The molecule has 0 fully saturated rings. The standard InChI is InChI=1S/C19H15F4N3/c20-14-5-1-12(2-6-14)11-17-16-9-10-24-18(16)26(25-17)15-7-3-13(4-8-15)19(21,22)23/h1-8,24H,9-11H2. The van der Waals surface area contributed by atoms with Crippen LogP contribution < -0.4 is 5.32 Å². The first kappa shape index (κ1) is 16.6. The van der Waals surface area contributed by atoms with Crippen molar-refractivity contribution in [1.82, 2.24) is 9.78 Å². The highest BCUT2D eigenvalue weighted by atomic mass is 19.4. The van der Waals surface area contributed by atoms with E-state index < -0.39 is 11.7 Å². The zero-order valence-corrected chi connectivity index (χ0v) is 13.6. The largest absolute Gasteiger partial charge is 0.416 e. The van der Waals surface area contributed by atoms with E-state index in [9.17, 15) is 17.6 Å². The first-order valence-corrected chi connectivity index (χ1v) is 8.18. The van der Waals surface area contributed by atoms with Gasteiger partial charge >= 0.3 is 6.18 Å². The Bertz CT molecular complexity index is 925. The Labute approximate surface area is 147 Å². The lowest BCUT2D eigenvalue weighted by Crippen LogP contribution is -2.07. The Morgan fingerprint density at radius 1 is 1.00 bits per heavy atom. The van der Waals surface area contributed by atoms with Crippen molar-refractivity contribution in [2.24, 2.45) is 0 Å².